The first kappa shape index (κ1) is 26.6. The molecule has 0 saturated carbocycles. The Labute approximate surface area is 210 Å². The molecule has 2 amide bonds. The van der Waals surface area contributed by atoms with E-state index < -0.39 is 22.0 Å². The van der Waals surface area contributed by atoms with Crippen LogP contribution in [0.3, 0.4) is 0 Å². The Balaban J connectivity index is 1.69. The Morgan fingerprint density at radius 1 is 0.917 bits per heavy atom. The molecule has 8 nitrogen and oxygen atoms in total. The van der Waals surface area contributed by atoms with Crippen LogP contribution in [0, 0.1) is 12.3 Å². The molecule has 1 unspecified atom stereocenters. The van der Waals surface area contributed by atoms with Crippen LogP contribution >= 0.6 is 0 Å². The van der Waals surface area contributed by atoms with Crippen LogP contribution in [0.5, 0.6) is 0 Å². The first-order chi connectivity index (χ1) is 17.3. The molecule has 0 aliphatic heterocycles. The van der Waals surface area contributed by atoms with Gasteiger partial charge in [-0.2, -0.15) is 4.72 Å². The molecule has 0 fully saturated rings. The molecule has 0 saturated heterocycles. The fourth-order valence-corrected chi connectivity index (χ4v) is 4.87. The Morgan fingerprint density at radius 2 is 1.53 bits per heavy atom. The average Bonchev–Trinajstić information content (AvgIpc) is 2.91. The van der Waals surface area contributed by atoms with Crippen molar-refractivity contribution in [3.63, 3.8) is 0 Å². The number of carbonyl (C=O) groups is 2. The maximum absolute atomic E-state index is 12.8. The predicted octanol–water partition coefficient (Wildman–Crippen LogP) is 2.70. The molecule has 0 aromatic heterocycles. The van der Waals surface area contributed by atoms with Crippen LogP contribution in [0.4, 0.5) is 0 Å². The summed E-state index contributed by atoms with van der Waals surface area (Å²) in [5.74, 6) is 1.05. The van der Waals surface area contributed by atoms with E-state index in [-0.39, 0.29) is 29.7 Å². The monoisotopic (exact) mass is 505 g/mol. The molecule has 9 heteroatoms. The largest absolute Gasteiger partial charge is 0.349 e. The topological polar surface area (TPSA) is 125 Å². The van der Waals surface area contributed by atoms with E-state index >= 15 is 0 Å². The standard InChI is InChI=1S/C27H27N3O5S/c1-2-20-13-15-23(16-14-20)36(34,35)30-24(27(32)29-33)17-18-26(31)28-25(22-11-7-4-8-12-22)19-21-9-5-3-6-10-21/h1,3-16,24-25,30,33H,17-19H2,(H,28,31)(H,29,32)/t24-,25?/m1/s1. The molecule has 3 aromatic carbocycles. The van der Waals surface area contributed by atoms with Gasteiger partial charge in [0.25, 0.3) is 5.91 Å². The van der Waals surface area contributed by atoms with Gasteiger partial charge in [0, 0.05) is 12.0 Å². The van der Waals surface area contributed by atoms with Gasteiger partial charge < -0.3 is 5.32 Å². The summed E-state index contributed by atoms with van der Waals surface area (Å²) in [6.07, 6.45) is 5.52. The molecule has 36 heavy (non-hydrogen) atoms. The average molecular weight is 506 g/mol. The second kappa shape index (κ2) is 12.7. The molecule has 0 radical (unpaired) electrons. The van der Waals surface area contributed by atoms with Gasteiger partial charge in [-0.15, -0.1) is 6.42 Å². The second-order valence-corrected chi connectivity index (χ2v) is 9.79. The Morgan fingerprint density at radius 3 is 2.11 bits per heavy atom. The van der Waals surface area contributed by atoms with Crippen molar-refractivity contribution in [2.75, 3.05) is 0 Å². The summed E-state index contributed by atoms with van der Waals surface area (Å²) in [4.78, 5) is 24.9. The summed E-state index contributed by atoms with van der Waals surface area (Å²) in [7, 11) is -4.12. The number of benzene rings is 3. The van der Waals surface area contributed by atoms with E-state index in [2.05, 4.69) is 16.0 Å². The molecular weight excluding hydrogens is 478 g/mol. The molecule has 0 aliphatic rings. The fourth-order valence-electron chi connectivity index (χ4n) is 3.64. The van der Waals surface area contributed by atoms with Crippen molar-refractivity contribution in [1.82, 2.24) is 15.5 Å². The molecule has 3 aromatic rings. The van der Waals surface area contributed by atoms with Crippen molar-refractivity contribution >= 4 is 21.8 Å². The summed E-state index contributed by atoms with van der Waals surface area (Å²) in [5, 5.41) is 12.1. The third kappa shape index (κ3) is 7.52. The fraction of sp³-hybridized carbons (Fsp3) is 0.185. The zero-order valence-electron chi connectivity index (χ0n) is 19.4. The van der Waals surface area contributed by atoms with E-state index in [1.807, 2.05) is 60.7 Å². The van der Waals surface area contributed by atoms with E-state index in [1.54, 1.807) is 0 Å². The van der Waals surface area contributed by atoms with Gasteiger partial charge in [0.2, 0.25) is 15.9 Å². The lowest BCUT2D eigenvalue weighted by atomic mass is 9.98. The lowest BCUT2D eigenvalue weighted by Gasteiger charge is -2.21. The van der Waals surface area contributed by atoms with Crippen LogP contribution < -0.4 is 15.5 Å². The van der Waals surface area contributed by atoms with Crippen LogP contribution in [0.25, 0.3) is 0 Å². The van der Waals surface area contributed by atoms with Gasteiger partial charge >= 0.3 is 0 Å². The first-order valence-electron chi connectivity index (χ1n) is 11.2. The third-order valence-electron chi connectivity index (χ3n) is 5.54. The molecule has 3 rings (SSSR count). The zero-order chi connectivity index (χ0) is 26.0. The zero-order valence-corrected chi connectivity index (χ0v) is 20.2. The summed E-state index contributed by atoms with van der Waals surface area (Å²) in [6.45, 7) is 0. The molecule has 2 atom stereocenters. The van der Waals surface area contributed by atoms with Crippen molar-refractivity contribution < 1.29 is 23.2 Å². The van der Waals surface area contributed by atoms with E-state index in [4.69, 9.17) is 11.6 Å². The molecular formula is C27H27N3O5S. The van der Waals surface area contributed by atoms with Gasteiger partial charge in [-0.1, -0.05) is 66.6 Å². The maximum atomic E-state index is 12.8. The first-order valence-corrected chi connectivity index (χ1v) is 12.7. The highest BCUT2D eigenvalue weighted by atomic mass is 32.2. The van der Waals surface area contributed by atoms with Crippen LogP contribution in [-0.4, -0.2) is 31.5 Å². The van der Waals surface area contributed by atoms with Gasteiger partial charge in [-0.3, -0.25) is 14.8 Å². The highest BCUT2D eigenvalue weighted by Crippen LogP contribution is 2.19. The number of hydrogen-bond acceptors (Lipinski definition) is 5. The molecule has 4 N–H and O–H groups in total. The lowest BCUT2D eigenvalue weighted by molar-refractivity contribution is -0.131. The molecule has 0 bridgehead atoms. The summed E-state index contributed by atoms with van der Waals surface area (Å²) < 4.78 is 27.7. The highest BCUT2D eigenvalue weighted by Gasteiger charge is 2.27. The Kier molecular flexibility index (Phi) is 9.36. The Hall–Kier alpha value is -3.97. The number of amides is 2. The van der Waals surface area contributed by atoms with Crippen LogP contribution in [-0.2, 0) is 26.0 Å². The molecule has 186 valence electrons. The summed E-state index contributed by atoms with van der Waals surface area (Å²) in [5.41, 5.74) is 3.90. The minimum Gasteiger partial charge on any atom is -0.349 e. The van der Waals surface area contributed by atoms with Crippen LogP contribution in [0.1, 0.15) is 35.6 Å². The van der Waals surface area contributed by atoms with Gasteiger partial charge in [-0.05, 0) is 48.2 Å². The number of nitrogens with one attached hydrogen (secondary N) is 3. The summed E-state index contributed by atoms with van der Waals surface area (Å²) in [6, 6.07) is 23.0. The third-order valence-corrected chi connectivity index (χ3v) is 7.02. The quantitative estimate of drug-likeness (QED) is 0.181. The van der Waals surface area contributed by atoms with E-state index in [0.717, 1.165) is 11.1 Å². The number of rotatable bonds is 11. The summed E-state index contributed by atoms with van der Waals surface area (Å²) >= 11 is 0. The van der Waals surface area contributed by atoms with Crippen molar-refractivity contribution in [1.29, 1.82) is 0 Å². The minimum absolute atomic E-state index is 0.103. The van der Waals surface area contributed by atoms with Gasteiger partial charge in [0.1, 0.15) is 6.04 Å². The van der Waals surface area contributed by atoms with Gasteiger partial charge in [0.05, 0.1) is 10.9 Å². The molecule has 0 heterocycles. The number of sulfonamides is 1. The normalized spacial score (nSPS) is 12.7. The van der Waals surface area contributed by atoms with E-state index in [9.17, 15) is 18.0 Å². The van der Waals surface area contributed by atoms with E-state index in [0.29, 0.717) is 12.0 Å². The Bertz CT molecular complexity index is 1310. The minimum atomic E-state index is -4.12. The predicted molar refractivity (Wildman–Crippen MR) is 135 cm³/mol. The highest BCUT2D eigenvalue weighted by molar-refractivity contribution is 7.89. The maximum Gasteiger partial charge on any atom is 0.261 e. The van der Waals surface area contributed by atoms with Crippen molar-refractivity contribution in [2.24, 2.45) is 0 Å². The van der Waals surface area contributed by atoms with Crippen LogP contribution in [0.15, 0.2) is 89.8 Å². The molecule has 0 spiro atoms. The van der Waals surface area contributed by atoms with Crippen LogP contribution in [0.2, 0.25) is 0 Å². The van der Waals surface area contributed by atoms with Gasteiger partial charge in [-0.25, -0.2) is 13.9 Å². The lowest BCUT2D eigenvalue weighted by Crippen LogP contribution is -2.46. The SMILES string of the molecule is C#Cc1ccc(S(=O)(=O)N[C@H](CCC(=O)NC(Cc2ccccc2)c2ccccc2)C(=O)NO)cc1. The van der Waals surface area contributed by atoms with Crippen molar-refractivity contribution in [3.05, 3.63) is 102 Å². The molecule has 0 aliphatic carbocycles. The van der Waals surface area contributed by atoms with E-state index in [1.165, 1.54) is 29.7 Å². The van der Waals surface area contributed by atoms with Crippen molar-refractivity contribution in [3.8, 4) is 12.3 Å². The van der Waals surface area contributed by atoms with Crippen molar-refractivity contribution in [2.45, 2.75) is 36.2 Å². The number of hydroxylamine groups is 1. The number of terminal acetylenes is 1. The second-order valence-electron chi connectivity index (χ2n) is 8.08. The number of carbonyl (C=O) groups excluding carboxylic acids is 2. The smallest absolute Gasteiger partial charge is 0.261 e. The van der Waals surface area contributed by atoms with Gasteiger partial charge in [0.15, 0.2) is 0 Å². The number of hydrogen-bond donors (Lipinski definition) is 4.